The van der Waals surface area contributed by atoms with Gasteiger partial charge >= 0.3 is 5.97 Å². The van der Waals surface area contributed by atoms with Crippen LogP contribution in [0.15, 0.2) is 29.9 Å². The van der Waals surface area contributed by atoms with Crippen LogP contribution >= 0.6 is 11.3 Å². The molecule has 0 unspecified atom stereocenters. The van der Waals surface area contributed by atoms with Crippen molar-refractivity contribution >= 4 is 29.2 Å². The highest BCUT2D eigenvalue weighted by Crippen LogP contribution is 2.25. The second-order valence-corrected chi connectivity index (χ2v) is 7.18. The van der Waals surface area contributed by atoms with E-state index < -0.39 is 12.0 Å². The molecule has 8 heteroatoms. The lowest BCUT2D eigenvalue weighted by atomic mass is 10.1. The zero-order valence-corrected chi connectivity index (χ0v) is 14.9. The van der Waals surface area contributed by atoms with E-state index in [1.807, 2.05) is 11.4 Å². The number of aromatic nitrogens is 2. The number of carbonyl (C=O) groups is 2. The van der Waals surface area contributed by atoms with Gasteiger partial charge in [0.05, 0.1) is 12.1 Å². The molecule has 2 aromatic heterocycles. The van der Waals surface area contributed by atoms with E-state index in [0.29, 0.717) is 30.5 Å². The van der Waals surface area contributed by atoms with Crippen molar-refractivity contribution < 1.29 is 14.7 Å². The van der Waals surface area contributed by atoms with Gasteiger partial charge in [-0.1, -0.05) is 13.8 Å². The Balaban J connectivity index is 1.79. The van der Waals surface area contributed by atoms with Crippen molar-refractivity contribution in [1.29, 1.82) is 0 Å². The molecular formula is C17H20N4O3S. The molecule has 0 radical (unpaired) electrons. The highest BCUT2D eigenvalue weighted by atomic mass is 32.1. The second kappa shape index (κ2) is 7.18. The summed E-state index contributed by atoms with van der Waals surface area (Å²) in [7, 11) is 0. The first-order chi connectivity index (χ1) is 12.0. The lowest BCUT2D eigenvalue weighted by Crippen LogP contribution is -2.58. The molecule has 1 amide bonds. The summed E-state index contributed by atoms with van der Waals surface area (Å²) in [5.41, 5.74) is 0.560. The largest absolute Gasteiger partial charge is 0.480 e. The van der Waals surface area contributed by atoms with Crippen LogP contribution in [0.25, 0.3) is 0 Å². The monoisotopic (exact) mass is 360 g/mol. The number of nitrogens with zero attached hydrogens (tertiary/aromatic N) is 4. The van der Waals surface area contributed by atoms with E-state index in [9.17, 15) is 14.7 Å². The van der Waals surface area contributed by atoms with Crippen molar-refractivity contribution in [2.75, 3.05) is 24.5 Å². The minimum atomic E-state index is -1.02. The maximum Gasteiger partial charge on any atom is 0.328 e. The molecule has 0 bridgehead atoms. The number of piperazine rings is 1. The Morgan fingerprint density at radius 3 is 2.60 bits per heavy atom. The SMILES string of the molecule is CC(C)c1cc(C(=O)N2CCN(c3ncccn3)C[C@@H]2C(=O)O)cs1. The van der Waals surface area contributed by atoms with Crippen LogP contribution in [0, 0.1) is 0 Å². The van der Waals surface area contributed by atoms with E-state index in [4.69, 9.17) is 0 Å². The summed E-state index contributed by atoms with van der Waals surface area (Å²) < 4.78 is 0. The molecule has 0 aromatic carbocycles. The number of hydrogen-bond acceptors (Lipinski definition) is 6. The Hall–Kier alpha value is -2.48. The highest BCUT2D eigenvalue weighted by Gasteiger charge is 2.36. The van der Waals surface area contributed by atoms with Gasteiger partial charge in [-0.05, 0) is 18.1 Å². The number of aliphatic carboxylic acids is 1. The van der Waals surface area contributed by atoms with Gasteiger partial charge in [-0.25, -0.2) is 14.8 Å². The topological polar surface area (TPSA) is 86.6 Å². The first-order valence-electron chi connectivity index (χ1n) is 8.11. The van der Waals surface area contributed by atoms with E-state index in [-0.39, 0.29) is 12.5 Å². The van der Waals surface area contributed by atoms with Gasteiger partial charge in [0.2, 0.25) is 5.95 Å². The second-order valence-electron chi connectivity index (χ2n) is 6.24. The molecule has 1 atom stereocenters. The number of rotatable bonds is 4. The number of carboxylic acid groups (broad SMARTS) is 1. The molecule has 2 aromatic rings. The molecular weight excluding hydrogens is 340 g/mol. The van der Waals surface area contributed by atoms with Crippen LogP contribution in [0.3, 0.4) is 0 Å². The molecule has 1 fully saturated rings. The molecule has 3 rings (SSSR count). The summed E-state index contributed by atoms with van der Waals surface area (Å²) in [5.74, 6) is -0.426. The molecule has 1 aliphatic heterocycles. The fraction of sp³-hybridized carbons (Fsp3) is 0.412. The summed E-state index contributed by atoms with van der Waals surface area (Å²) in [6.45, 7) is 5.13. The van der Waals surface area contributed by atoms with Crippen molar-refractivity contribution in [3.8, 4) is 0 Å². The van der Waals surface area contributed by atoms with Crippen LogP contribution in [0.5, 0.6) is 0 Å². The third-order valence-corrected chi connectivity index (χ3v) is 5.43. The molecule has 1 N–H and O–H groups in total. The molecule has 7 nitrogen and oxygen atoms in total. The van der Waals surface area contributed by atoms with E-state index in [0.717, 1.165) is 4.88 Å². The lowest BCUT2D eigenvalue weighted by Gasteiger charge is -2.39. The molecule has 0 aliphatic carbocycles. The Kier molecular flexibility index (Phi) is 4.98. The van der Waals surface area contributed by atoms with Gasteiger partial charge < -0.3 is 14.9 Å². The van der Waals surface area contributed by atoms with Crippen LogP contribution in [-0.4, -0.2) is 57.5 Å². The lowest BCUT2D eigenvalue weighted by molar-refractivity contribution is -0.142. The number of thiophene rings is 1. The van der Waals surface area contributed by atoms with Crippen LogP contribution in [0.4, 0.5) is 5.95 Å². The number of amides is 1. The van der Waals surface area contributed by atoms with Crippen LogP contribution < -0.4 is 4.90 Å². The van der Waals surface area contributed by atoms with Crippen molar-refractivity contribution in [3.05, 3.63) is 40.3 Å². The number of anilines is 1. The van der Waals surface area contributed by atoms with Gasteiger partial charge in [0.15, 0.2) is 0 Å². The Bertz CT molecular complexity index is 762. The minimum absolute atomic E-state index is 0.173. The maximum absolute atomic E-state index is 12.8. The maximum atomic E-state index is 12.8. The average Bonchev–Trinajstić information content (AvgIpc) is 3.12. The Morgan fingerprint density at radius 1 is 1.28 bits per heavy atom. The first kappa shape index (κ1) is 17.3. The van der Waals surface area contributed by atoms with Crippen LogP contribution in [0.2, 0.25) is 0 Å². The summed E-state index contributed by atoms with van der Waals surface area (Å²) in [5, 5.41) is 11.4. The zero-order valence-electron chi connectivity index (χ0n) is 14.1. The predicted molar refractivity (Wildman–Crippen MR) is 95.1 cm³/mol. The van der Waals surface area contributed by atoms with Crippen molar-refractivity contribution in [1.82, 2.24) is 14.9 Å². The summed E-state index contributed by atoms with van der Waals surface area (Å²) in [4.78, 5) is 37.2. The van der Waals surface area contributed by atoms with Crippen molar-refractivity contribution in [2.45, 2.75) is 25.8 Å². The molecule has 132 valence electrons. The molecule has 0 saturated carbocycles. The quantitative estimate of drug-likeness (QED) is 0.898. The summed E-state index contributed by atoms with van der Waals surface area (Å²) in [6, 6.07) is 2.65. The Labute approximate surface area is 149 Å². The van der Waals surface area contributed by atoms with Crippen LogP contribution in [-0.2, 0) is 4.79 Å². The van der Waals surface area contributed by atoms with E-state index in [1.54, 1.807) is 23.4 Å². The fourth-order valence-corrected chi connectivity index (χ4v) is 3.71. The van der Waals surface area contributed by atoms with Crippen LogP contribution in [0.1, 0.15) is 35.0 Å². The normalized spacial score (nSPS) is 17.8. The van der Waals surface area contributed by atoms with Gasteiger partial charge in [-0.3, -0.25) is 4.79 Å². The molecule has 1 aliphatic rings. The molecule has 1 saturated heterocycles. The molecule has 0 spiro atoms. The Morgan fingerprint density at radius 2 is 2.00 bits per heavy atom. The van der Waals surface area contributed by atoms with Gasteiger partial charge in [0.1, 0.15) is 6.04 Å². The zero-order chi connectivity index (χ0) is 18.0. The van der Waals surface area contributed by atoms with E-state index in [1.165, 1.54) is 16.2 Å². The third-order valence-electron chi connectivity index (χ3n) is 4.20. The number of carboxylic acids is 1. The summed E-state index contributed by atoms with van der Waals surface area (Å²) >= 11 is 1.53. The van der Waals surface area contributed by atoms with Crippen molar-refractivity contribution in [2.24, 2.45) is 0 Å². The molecule has 3 heterocycles. The first-order valence-corrected chi connectivity index (χ1v) is 8.99. The minimum Gasteiger partial charge on any atom is -0.480 e. The smallest absolute Gasteiger partial charge is 0.328 e. The standard InChI is InChI=1S/C17H20N4O3S/c1-11(2)14-8-12(10-25-14)15(22)21-7-6-20(9-13(21)16(23)24)17-18-4-3-5-19-17/h3-5,8,10-11,13H,6-7,9H2,1-2H3,(H,23,24)/t13-/m1/s1. The fourth-order valence-electron chi connectivity index (χ4n) is 2.81. The highest BCUT2D eigenvalue weighted by molar-refractivity contribution is 7.10. The van der Waals surface area contributed by atoms with Gasteiger partial charge in [-0.15, -0.1) is 11.3 Å². The van der Waals surface area contributed by atoms with Crippen molar-refractivity contribution in [3.63, 3.8) is 0 Å². The number of hydrogen-bond donors (Lipinski definition) is 1. The van der Waals surface area contributed by atoms with Gasteiger partial charge in [0, 0.05) is 35.7 Å². The average molecular weight is 360 g/mol. The van der Waals surface area contributed by atoms with E-state index in [2.05, 4.69) is 23.8 Å². The van der Waals surface area contributed by atoms with Gasteiger partial charge in [0.25, 0.3) is 5.91 Å². The van der Waals surface area contributed by atoms with E-state index >= 15 is 0 Å². The number of carbonyl (C=O) groups excluding carboxylic acids is 1. The summed E-state index contributed by atoms with van der Waals surface area (Å²) in [6.07, 6.45) is 3.24. The predicted octanol–water partition coefficient (Wildman–Crippen LogP) is 2.08. The van der Waals surface area contributed by atoms with Gasteiger partial charge in [-0.2, -0.15) is 0 Å². The third kappa shape index (κ3) is 3.63. The molecule has 25 heavy (non-hydrogen) atoms.